The topological polar surface area (TPSA) is 48.5 Å². The van der Waals surface area contributed by atoms with Gasteiger partial charge in [0.2, 0.25) is 0 Å². The first-order chi connectivity index (χ1) is 9.67. The monoisotopic (exact) mass is 276 g/mol. The minimum Gasteiger partial charge on any atom is -0.380 e. The summed E-state index contributed by atoms with van der Waals surface area (Å²) in [5.74, 6) is 1.40. The molecule has 0 saturated carbocycles. The lowest BCUT2D eigenvalue weighted by Crippen LogP contribution is -2.38. The Labute approximate surface area is 123 Å². The maximum absolute atomic E-state index is 4.65. The Morgan fingerprint density at radius 2 is 1.65 bits per heavy atom. The summed E-state index contributed by atoms with van der Waals surface area (Å²) in [6.45, 7) is 11.1. The fourth-order valence-electron chi connectivity index (χ4n) is 1.87. The number of guanidine groups is 1. The molecular weight excluding hydrogens is 248 g/mol. The summed E-state index contributed by atoms with van der Waals surface area (Å²) >= 11 is 0. The lowest BCUT2D eigenvalue weighted by atomic mass is 10.0. The quantitative estimate of drug-likeness (QED) is 0.530. The molecule has 0 saturated heterocycles. The number of nitrogens with one attached hydrogen (secondary N) is 3. The van der Waals surface area contributed by atoms with Crippen molar-refractivity contribution in [2.75, 3.05) is 25.0 Å². The van der Waals surface area contributed by atoms with Crippen molar-refractivity contribution in [2.24, 2.45) is 10.9 Å². The average Bonchev–Trinajstić information content (AvgIpc) is 2.44. The van der Waals surface area contributed by atoms with Gasteiger partial charge in [-0.3, -0.25) is 4.99 Å². The Morgan fingerprint density at radius 1 is 1.05 bits per heavy atom. The number of aliphatic imine (C=N–C) groups is 1. The van der Waals surface area contributed by atoms with E-state index < -0.39 is 0 Å². The molecule has 0 aliphatic carbocycles. The molecule has 0 heterocycles. The van der Waals surface area contributed by atoms with Crippen molar-refractivity contribution in [3.05, 3.63) is 30.3 Å². The highest BCUT2D eigenvalue weighted by atomic mass is 15.2. The number of para-hydroxylation sites is 1. The first-order valence-corrected chi connectivity index (χ1v) is 7.51. The van der Waals surface area contributed by atoms with Gasteiger partial charge in [0, 0.05) is 24.8 Å². The van der Waals surface area contributed by atoms with Crippen LogP contribution in [-0.2, 0) is 0 Å². The highest BCUT2D eigenvalue weighted by Crippen LogP contribution is 2.12. The smallest absolute Gasteiger partial charge is 0.191 e. The molecule has 0 amide bonds. The lowest BCUT2D eigenvalue weighted by Gasteiger charge is -2.22. The van der Waals surface area contributed by atoms with E-state index in [9.17, 15) is 0 Å². The van der Waals surface area contributed by atoms with Crippen molar-refractivity contribution in [3.63, 3.8) is 0 Å². The minimum absolute atomic E-state index is 0.324. The molecule has 1 atom stereocenters. The van der Waals surface area contributed by atoms with Crippen molar-refractivity contribution in [1.29, 1.82) is 0 Å². The maximum Gasteiger partial charge on any atom is 0.191 e. The molecule has 0 bridgehead atoms. The summed E-state index contributed by atoms with van der Waals surface area (Å²) < 4.78 is 0. The van der Waals surface area contributed by atoms with Crippen LogP contribution >= 0.6 is 0 Å². The molecule has 0 aromatic heterocycles. The molecule has 1 aromatic carbocycles. The minimum atomic E-state index is 0.324. The number of benzene rings is 1. The number of hydrogen-bond donors (Lipinski definition) is 3. The first-order valence-electron chi connectivity index (χ1n) is 7.51. The number of rotatable bonds is 7. The van der Waals surface area contributed by atoms with Crippen LogP contribution < -0.4 is 16.0 Å². The molecule has 1 rings (SSSR count). The van der Waals surface area contributed by atoms with E-state index in [-0.39, 0.29) is 0 Å². The van der Waals surface area contributed by atoms with Crippen LogP contribution in [0.25, 0.3) is 0 Å². The van der Waals surface area contributed by atoms with Crippen LogP contribution in [0.15, 0.2) is 35.3 Å². The molecule has 112 valence electrons. The summed E-state index contributed by atoms with van der Waals surface area (Å²) in [5.41, 5.74) is 1.15. The summed E-state index contributed by atoms with van der Waals surface area (Å²) in [6.07, 6.45) is 0. The normalized spacial score (nSPS) is 11.8. The fraction of sp³-hybridized carbons (Fsp3) is 0.562. The van der Waals surface area contributed by atoms with Gasteiger partial charge in [0.05, 0.1) is 6.54 Å². The first kappa shape index (κ1) is 16.3. The Hall–Kier alpha value is -1.71. The summed E-state index contributed by atoms with van der Waals surface area (Å²) in [5, 5.41) is 10.1. The maximum atomic E-state index is 4.65. The van der Waals surface area contributed by atoms with Gasteiger partial charge in [0.1, 0.15) is 0 Å². The SMILES string of the molecule is CCNC(=NCC(Nc1ccccc1)C(C)C)NCC. The van der Waals surface area contributed by atoms with Gasteiger partial charge in [-0.15, -0.1) is 0 Å². The van der Waals surface area contributed by atoms with Gasteiger partial charge >= 0.3 is 0 Å². The van der Waals surface area contributed by atoms with Gasteiger partial charge in [-0.25, -0.2) is 0 Å². The average molecular weight is 276 g/mol. The third kappa shape index (κ3) is 5.95. The van der Waals surface area contributed by atoms with E-state index in [0.29, 0.717) is 12.0 Å². The predicted octanol–water partition coefficient (Wildman–Crippen LogP) is 2.70. The van der Waals surface area contributed by atoms with E-state index >= 15 is 0 Å². The fourth-order valence-corrected chi connectivity index (χ4v) is 1.87. The Bertz CT molecular complexity index is 379. The molecule has 1 aromatic rings. The molecule has 1 unspecified atom stereocenters. The molecule has 0 radical (unpaired) electrons. The number of hydrogen-bond acceptors (Lipinski definition) is 2. The molecule has 20 heavy (non-hydrogen) atoms. The zero-order chi connectivity index (χ0) is 14.8. The zero-order valence-electron chi connectivity index (χ0n) is 13.1. The zero-order valence-corrected chi connectivity index (χ0v) is 13.1. The Morgan fingerprint density at radius 3 is 2.15 bits per heavy atom. The summed E-state index contributed by atoms with van der Waals surface area (Å²) in [6, 6.07) is 10.6. The van der Waals surface area contributed by atoms with Gasteiger partial charge in [0.15, 0.2) is 5.96 Å². The number of anilines is 1. The van der Waals surface area contributed by atoms with Crippen molar-refractivity contribution < 1.29 is 0 Å². The second-order valence-electron chi connectivity index (χ2n) is 5.11. The summed E-state index contributed by atoms with van der Waals surface area (Å²) in [4.78, 5) is 4.65. The van der Waals surface area contributed by atoms with Crippen LogP contribution in [0.5, 0.6) is 0 Å². The van der Waals surface area contributed by atoms with Crippen molar-refractivity contribution >= 4 is 11.6 Å². The largest absolute Gasteiger partial charge is 0.380 e. The Kier molecular flexibility index (Phi) is 7.55. The van der Waals surface area contributed by atoms with Crippen LogP contribution in [0, 0.1) is 5.92 Å². The molecule has 0 aliphatic heterocycles. The summed E-state index contributed by atoms with van der Waals surface area (Å²) in [7, 11) is 0. The third-order valence-electron chi connectivity index (χ3n) is 3.07. The third-order valence-corrected chi connectivity index (χ3v) is 3.07. The van der Waals surface area contributed by atoms with Gasteiger partial charge < -0.3 is 16.0 Å². The number of nitrogens with zero attached hydrogens (tertiary/aromatic N) is 1. The van der Waals surface area contributed by atoms with E-state index in [1.807, 2.05) is 18.2 Å². The van der Waals surface area contributed by atoms with Crippen molar-refractivity contribution in [1.82, 2.24) is 10.6 Å². The molecule has 0 aliphatic rings. The van der Waals surface area contributed by atoms with Crippen molar-refractivity contribution in [2.45, 2.75) is 33.7 Å². The predicted molar refractivity (Wildman–Crippen MR) is 88.3 cm³/mol. The van der Waals surface area contributed by atoms with Gasteiger partial charge in [-0.2, -0.15) is 0 Å². The van der Waals surface area contributed by atoms with Crippen LogP contribution in [0.2, 0.25) is 0 Å². The van der Waals surface area contributed by atoms with E-state index in [4.69, 9.17) is 0 Å². The molecule has 4 heteroatoms. The van der Waals surface area contributed by atoms with Crippen LogP contribution in [0.4, 0.5) is 5.69 Å². The molecule has 3 N–H and O–H groups in total. The van der Waals surface area contributed by atoms with E-state index in [1.54, 1.807) is 0 Å². The molecule has 0 spiro atoms. The van der Waals surface area contributed by atoms with Gasteiger partial charge in [-0.05, 0) is 31.9 Å². The Balaban J connectivity index is 2.64. The molecule has 4 nitrogen and oxygen atoms in total. The second kappa shape index (κ2) is 9.23. The highest BCUT2D eigenvalue weighted by molar-refractivity contribution is 5.79. The standard InChI is InChI=1S/C16H28N4/c1-5-17-16(18-6-2)19-12-15(13(3)4)20-14-10-8-7-9-11-14/h7-11,13,15,20H,5-6,12H2,1-4H3,(H2,17,18,19). The van der Waals surface area contributed by atoms with E-state index in [0.717, 1.165) is 31.3 Å². The lowest BCUT2D eigenvalue weighted by molar-refractivity contribution is 0.531. The van der Waals surface area contributed by atoms with Crippen LogP contribution in [0.3, 0.4) is 0 Å². The van der Waals surface area contributed by atoms with Crippen LogP contribution in [-0.4, -0.2) is 31.6 Å². The van der Waals surface area contributed by atoms with Gasteiger partial charge in [-0.1, -0.05) is 32.0 Å². The molecule has 0 fully saturated rings. The van der Waals surface area contributed by atoms with E-state index in [1.165, 1.54) is 0 Å². The molecular formula is C16H28N4. The van der Waals surface area contributed by atoms with Crippen LogP contribution in [0.1, 0.15) is 27.7 Å². The van der Waals surface area contributed by atoms with Gasteiger partial charge in [0.25, 0.3) is 0 Å². The van der Waals surface area contributed by atoms with Crippen molar-refractivity contribution in [3.8, 4) is 0 Å². The highest BCUT2D eigenvalue weighted by Gasteiger charge is 2.12. The second-order valence-corrected chi connectivity index (χ2v) is 5.11. The van der Waals surface area contributed by atoms with E-state index in [2.05, 4.69) is 60.8 Å².